The molecule has 1 aromatic carbocycles. The number of carboxylic acid groups (broad SMARTS) is 1. The minimum Gasteiger partial charge on any atom is -0.477 e. The molecule has 0 aliphatic heterocycles. The highest BCUT2D eigenvalue weighted by Gasteiger charge is 2.14. The second-order valence-corrected chi connectivity index (χ2v) is 3.06. The van der Waals surface area contributed by atoms with Crippen LogP contribution in [0.1, 0.15) is 12.0 Å². The summed E-state index contributed by atoms with van der Waals surface area (Å²) < 4.78 is 0. The number of quaternary nitrogens is 1. The van der Waals surface area contributed by atoms with Crippen molar-refractivity contribution in [2.45, 2.75) is 18.9 Å². The minimum absolute atomic E-state index is 0.500. The Kier molecular flexibility index (Phi) is 3.46. The van der Waals surface area contributed by atoms with Gasteiger partial charge in [-0.1, -0.05) is 30.3 Å². The van der Waals surface area contributed by atoms with E-state index in [1.54, 1.807) is 0 Å². The van der Waals surface area contributed by atoms with E-state index in [2.05, 4.69) is 5.73 Å². The van der Waals surface area contributed by atoms with Gasteiger partial charge in [0.15, 0.2) is 6.04 Å². The summed E-state index contributed by atoms with van der Waals surface area (Å²) in [4.78, 5) is 10.5. The molecule has 0 aliphatic carbocycles. The van der Waals surface area contributed by atoms with Crippen molar-refractivity contribution in [3.8, 4) is 0 Å². The van der Waals surface area contributed by atoms with E-state index in [4.69, 9.17) is 5.11 Å². The van der Waals surface area contributed by atoms with E-state index in [9.17, 15) is 4.79 Å². The zero-order valence-corrected chi connectivity index (χ0v) is 7.44. The molecule has 0 saturated heterocycles. The van der Waals surface area contributed by atoms with E-state index in [-0.39, 0.29) is 0 Å². The molecule has 3 heteroatoms. The number of aryl methyl sites for hydroxylation is 1. The van der Waals surface area contributed by atoms with E-state index < -0.39 is 12.0 Å². The molecule has 0 spiro atoms. The molecule has 70 valence electrons. The second kappa shape index (κ2) is 4.62. The molecule has 0 fully saturated rings. The molecule has 0 saturated carbocycles. The fourth-order valence-corrected chi connectivity index (χ4v) is 1.11. The van der Waals surface area contributed by atoms with Gasteiger partial charge in [-0.15, -0.1) is 0 Å². The summed E-state index contributed by atoms with van der Waals surface area (Å²) in [6.45, 7) is 0. The lowest BCUT2D eigenvalue weighted by Crippen LogP contribution is -2.65. The third-order valence-electron chi connectivity index (χ3n) is 1.97. The van der Waals surface area contributed by atoms with Crippen molar-refractivity contribution >= 4 is 5.97 Å². The standard InChI is InChI=1S/C10H13NO2/c11-9(10(12)13)7-6-8-4-2-1-3-5-8/h1-5,9H,6-7,11H2,(H,12,13)/p+1/t9-/m0/s1. The molecule has 0 amide bonds. The van der Waals surface area contributed by atoms with Gasteiger partial charge in [0.05, 0.1) is 0 Å². The minimum atomic E-state index is -0.823. The van der Waals surface area contributed by atoms with Crippen molar-refractivity contribution in [3.05, 3.63) is 35.9 Å². The third kappa shape index (κ3) is 3.25. The number of benzene rings is 1. The number of rotatable bonds is 4. The molecule has 0 heterocycles. The Balaban J connectivity index is 2.39. The second-order valence-electron chi connectivity index (χ2n) is 3.06. The van der Waals surface area contributed by atoms with Gasteiger partial charge in [-0.25, -0.2) is 4.79 Å². The lowest BCUT2D eigenvalue weighted by atomic mass is 10.1. The summed E-state index contributed by atoms with van der Waals surface area (Å²) in [7, 11) is 0. The Morgan fingerprint density at radius 2 is 2.00 bits per heavy atom. The van der Waals surface area contributed by atoms with Gasteiger partial charge < -0.3 is 10.8 Å². The summed E-state index contributed by atoms with van der Waals surface area (Å²) >= 11 is 0. The van der Waals surface area contributed by atoms with Gasteiger partial charge in [0.1, 0.15) is 0 Å². The largest absolute Gasteiger partial charge is 0.477 e. The Bertz CT molecular complexity index is 272. The number of aliphatic carboxylic acids is 1. The quantitative estimate of drug-likeness (QED) is 0.700. The topological polar surface area (TPSA) is 64.9 Å². The maximum Gasteiger partial charge on any atom is 0.362 e. The van der Waals surface area contributed by atoms with E-state index >= 15 is 0 Å². The predicted octanol–water partition coefficient (Wildman–Crippen LogP) is 0.314. The van der Waals surface area contributed by atoms with Crippen LogP contribution in [0.3, 0.4) is 0 Å². The van der Waals surface area contributed by atoms with Crippen LogP contribution in [-0.2, 0) is 11.2 Å². The van der Waals surface area contributed by atoms with Gasteiger partial charge in [-0.2, -0.15) is 0 Å². The van der Waals surface area contributed by atoms with Crippen LogP contribution in [0.2, 0.25) is 0 Å². The Morgan fingerprint density at radius 3 is 2.54 bits per heavy atom. The normalized spacial score (nSPS) is 12.4. The highest BCUT2D eigenvalue weighted by Crippen LogP contribution is 2.03. The molecule has 0 unspecified atom stereocenters. The van der Waals surface area contributed by atoms with Crippen molar-refractivity contribution in [2.75, 3.05) is 0 Å². The fraction of sp³-hybridized carbons (Fsp3) is 0.300. The van der Waals surface area contributed by atoms with E-state index in [1.807, 2.05) is 30.3 Å². The average Bonchev–Trinajstić information content (AvgIpc) is 2.15. The summed E-state index contributed by atoms with van der Waals surface area (Å²) in [6, 6.07) is 9.34. The van der Waals surface area contributed by atoms with Crippen LogP contribution in [0.15, 0.2) is 30.3 Å². The van der Waals surface area contributed by atoms with Crippen molar-refractivity contribution in [3.63, 3.8) is 0 Å². The molecule has 0 bridgehead atoms. The highest BCUT2D eigenvalue weighted by molar-refractivity contribution is 5.71. The molecule has 3 nitrogen and oxygen atoms in total. The Morgan fingerprint density at radius 1 is 1.38 bits per heavy atom. The van der Waals surface area contributed by atoms with Crippen LogP contribution >= 0.6 is 0 Å². The van der Waals surface area contributed by atoms with Gasteiger partial charge in [-0.3, -0.25) is 0 Å². The van der Waals surface area contributed by atoms with Gasteiger partial charge in [0, 0.05) is 6.42 Å². The van der Waals surface area contributed by atoms with Gasteiger partial charge >= 0.3 is 5.97 Å². The predicted molar refractivity (Wildman–Crippen MR) is 49.1 cm³/mol. The van der Waals surface area contributed by atoms with Crippen molar-refractivity contribution in [2.24, 2.45) is 0 Å². The van der Waals surface area contributed by atoms with Crippen molar-refractivity contribution < 1.29 is 15.6 Å². The number of carbonyl (C=O) groups is 1. The summed E-state index contributed by atoms with van der Waals surface area (Å²) in [5, 5.41) is 8.60. The third-order valence-corrected chi connectivity index (χ3v) is 1.97. The molecule has 1 rings (SSSR count). The molecule has 0 aromatic heterocycles. The van der Waals surface area contributed by atoms with Crippen LogP contribution in [-0.4, -0.2) is 17.1 Å². The first-order chi connectivity index (χ1) is 6.20. The molecular formula is C10H14NO2+. The lowest BCUT2D eigenvalue weighted by Gasteiger charge is -2.02. The SMILES string of the molecule is [NH3+][C@@H](CCc1ccccc1)C(=O)O. The number of hydrogen-bond donors (Lipinski definition) is 2. The van der Waals surface area contributed by atoms with Crippen LogP contribution in [0, 0.1) is 0 Å². The zero-order valence-electron chi connectivity index (χ0n) is 7.44. The van der Waals surface area contributed by atoms with Crippen molar-refractivity contribution in [1.29, 1.82) is 0 Å². The molecule has 0 radical (unpaired) electrons. The molecular weight excluding hydrogens is 166 g/mol. The Hall–Kier alpha value is -1.35. The van der Waals surface area contributed by atoms with E-state index in [1.165, 1.54) is 0 Å². The van der Waals surface area contributed by atoms with Crippen LogP contribution in [0.4, 0.5) is 0 Å². The van der Waals surface area contributed by atoms with E-state index in [0.29, 0.717) is 6.42 Å². The van der Waals surface area contributed by atoms with Crippen LogP contribution < -0.4 is 5.73 Å². The first-order valence-corrected chi connectivity index (χ1v) is 4.30. The highest BCUT2D eigenvalue weighted by atomic mass is 16.4. The first-order valence-electron chi connectivity index (χ1n) is 4.30. The molecule has 1 atom stereocenters. The zero-order chi connectivity index (χ0) is 9.68. The summed E-state index contributed by atoms with van der Waals surface area (Å²) in [6.07, 6.45) is 1.38. The molecule has 1 aromatic rings. The first kappa shape index (κ1) is 9.74. The summed E-state index contributed by atoms with van der Waals surface area (Å²) in [5.41, 5.74) is 4.72. The van der Waals surface area contributed by atoms with Gasteiger partial charge in [-0.05, 0) is 12.0 Å². The van der Waals surface area contributed by atoms with Crippen LogP contribution in [0.5, 0.6) is 0 Å². The van der Waals surface area contributed by atoms with E-state index in [0.717, 1.165) is 12.0 Å². The van der Waals surface area contributed by atoms with Gasteiger partial charge in [0.2, 0.25) is 0 Å². The summed E-state index contributed by atoms with van der Waals surface area (Å²) in [5.74, 6) is -0.823. The smallest absolute Gasteiger partial charge is 0.362 e. The average molecular weight is 180 g/mol. The molecule has 13 heavy (non-hydrogen) atoms. The fourth-order valence-electron chi connectivity index (χ4n) is 1.11. The maximum atomic E-state index is 10.5. The van der Waals surface area contributed by atoms with Crippen LogP contribution in [0.25, 0.3) is 0 Å². The molecule has 4 N–H and O–H groups in total. The Labute approximate surface area is 77.2 Å². The number of carboxylic acids is 1. The van der Waals surface area contributed by atoms with Crippen molar-refractivity contribution in [1.82, 2.24) is 0 Å². The lowest BCUT2D eigenvalue weighted by molar-refractivity contribution is -0.408. The molecule has 0 aliphatic rings. The monoisotopic (exact) mass is 180 g/mol. The maximum absolute atomic E-state index is 10.5. The van der Waals surface area contributed by atoms with Gasteiger partial charge in [0.25, 0.3) is 0 Å². The number of hydrogen-bond acceptors (Lipinski definition) is 1.